The van der Waals surface area contributed by atoms with Gasteiger partial charge in [0.15, 0.2) is 0 Å². The first kappa shape index (κ1) is 14.1. The molecule has 1 unspecified atom stereocenters. The molecule has 0 radical (unpaired) electrons. The smallest absolute Gasteiger partial charge is 0.254 e. The molecule has 1 saturated heterocycles. The molecule has 6 heteroatoms. The van der Waals surface area contributed by atoms with Crippen LogP contribution < -0.4 is 11.1 Å². The van der Waals surface area contributed by atoms with Gasteiger partial charge in [0.2, 0.25) is 0 Å². The molecule has 1 fully saturated rings. The van der Waals surface area contributed by atoms with Gasteiger partial charge in [-0.1, -0.05) is 11.6 Å². The van der Waals surface area contributed by atoms with E-state index in [1.165, 1.54) is 0 Å². The van der Waals surface area contributed by atoms with Gasteiger partial charge >= 0.3 is 0 Å². The molecule has 1 aliphatic heterocycles. The highest BCUT2D eigenvalue weighted by Gasteiger charge is 2.24. The number of anilines is 1. The minimum absolute atomic E-state index is 0.000972. The lowest BCUT2D eigenvalue weighted by atomic mass is 9.98. The number of likely N-dealkylation sites (tertiary alicyclic amines) is 1. The predicted molar refractivity (Wildman–Crippen MR) is 76.5 cm³/mol. The molecule has 1 aliphatic rings. The molecule has 104 valence electrons. The minimum Gasteiger partial charge on any atom is -0.373 e. The molecule has 2 heterocycles. The number of halogens is 1. The van der Waals surface area contributed by atoms with Crippen molar-refractivity contribution in [3.8, 4) is 0 Å². The fourth-order valence-corrected chi connectivity index (χ4v) is 2.58. The van der Waals surface area contributed by atoms with Gasteiger partial charge in [0, 0.05) is 25.7 Å². The standard InChI is InChI=1S/C13H19ClN4O/c1-16-12-6-10(5-11(14)17-12)13(19)18-4-2-3-9(7-15)8-18/h5-6,9H,2-4,7-8,15H2,1H3,(H,16,17). The van der Waals surface area contributed by atoms with Crippen LogP contribution in [0.15, 0.2) is 12.1 Å². The molecule has 1 atom stereocenters. The van der Waals surface area contributed by atoms with Crippen LogP contribution in [0.4, 0.5) is 5.82 Å². The lowest BCUT2D eigenvalue weighted by Crippen LogP contribution is -2.42. The number of nitrogens with zero attached hydrogens (tertiary/aromatic N) is 2. The highest BCUT2D eigenvalue weighted by Crippen LogP contribution is 2.20. The van der Waals surface area contributed by atoms with Crippen molar-refractivity contribution in [2.75, 3.05) is 32.0 Å². The number of hydrogen-bond acceptors (Lipinski definition) is 4. The number of rotatable bonds is 3. The summed E-state index contributed by atoms with van der Waals surface area (Å²) in [7, 11) is 1.75. The quantitative estimate of drug-likeness (QED) is 0.826. The van der Waals surface area contributed by atoms with Crippen molar-refractivity contribution in [1.82, 2.24) is 9.88 Å². The zero-order chi connectivity index (χ0) is 13.8. The number of hydrogen-bond donors (Lipinski definition) is 2. The monoisotopic (exact) mass is 282 g/mol. The van der Waals surface area contributed by atoms with Gasteiger partial charge in [0.25, 0.3) is 5.91 Å². The van der Waals surface area contributed by atoms with E-state index in [1.807, 2.05) is 4.90 Å². The molecule has 0 saturated carbocycles. The average molecular weight is 283 g/mol. The van der Waals surface area contributed by atoms with Gasteiger partial charge in [-0.05, 0) is 37.4 Å². The summed E-state index contributed by atoms with van der Waals surface area (Å²) in [6, 6.07) is 3.33. The minimum atomic E-state index is -0.000972. The van der Waals surface area contributed by atoms with E-state index in [9.17, 15) is 4.79 Å². The van der Waals surface area contributed by atoms with Crippen LogP contribution in [0.5, 0.6) is 0 Å². The third-order valence-corrected chi connectivity index (χ3v) is 3.63. The maximum absolute atomic E-state index is 12.5. The van der Waals surface area contributed by atoms with Crippen LogP contribution in [0.1, 0.15) is 23.2 Å². The number of nitrogens with one attached hydrogen (secondary N) is 1. The molecule has 3 N–H and O–H groups in total. The van der Waals surface area contributed by atoms with Gasteiger partial charge in [-0.3, -0.25) is 4.79 Å². The maximum atomic E-state index is 12.5. The summed E-state index contributed by atoms with van der Waals surface area (Å²) >= 11 is 5.93. The highest BCUT2D eigenvalue weighted by molar-refractivity contribution is 6.29. The lowest BCUT2D eigenvalue weighted by Gasteiger charge is -2.32. The summed E-state index contributed by atoms with van der Waals surface area (Å²) in [5.74, 6) is 1.00. The molecule has 2 rings (SSSR count). The van der Waals surface area contributed by atoms with E-state index < -0.39 is 0 Å². The van der Waals surface area contributed by atoms with Gasteiger partial charge in [0.1, 0.15) is 11.0 Å². The van der Waals surface area contributed by atoms with Gasteiger partial charge in [-0.25, -0.2) is 4.98 Å². The van der Waals surface area contributed by atoms with Crippen LogP contribution in [0, 0.1) is 5.92 Å². The number of amides is 1. The fourth-order valence-electron chi connectivity index (χ4n) is 2.37. The largest absolute Gasteiger partial charge is 0.373 e. The van der Waals surface area contributed by atoms with E-state index in [2.05, 4.69) is 10.3 Å². The first-order valence-electron chi connectivity index (χ1n) is 6.48. The number of aromatic nitrogens is 1. The second-order valence-electron chi connectivity index (χ2n) is 4.81. The predicted octanol–water partition coefficient (Wildman–Crippen LogP) is 1.59. The van der Waals surface area contributed by atoms with Crippen molar-refractivity contribution in [3.63, 3.8) is 0 Å². The Bertz CT molecular complexity index is 466. The zero-order valence-corrected chi connectivity index (χ0v) is 11.8. The van der Waals surface area contributed by atoms with Crippen LogP contribution >= 0.6 is 11.6 Å². The molecule has 0 bridgehead atoms. The topological polar surface area (TPSA) is 71.2 Å². The van der Waals surface area contributed by atoms with Gasteiger partial charge in [0.05, 0.1) is 0 Å². The Morgan fingerprint density at radius 3 is 3.11 bits per heavy atom. The van der Waals surface area contributed by atoms with Crippen LogP contribution in [0.2, 0.25) is 5.15 Å². The van der Waals surface area contributed by atoms with Crippen molar-refractivity contribution in [1.29, 1.82) is 0 Å². The molecule has 19 heavy (non-hydrogen) atoms. The third-order valence-electron chi connectivity index (χ3n) is 3.44. The number of piperidine rings is 1. The second-order valence-corrected chi connectivity index (χ2v) is 5.20. The van der Waals surface area contributed by atoms with E-state index in [0.29, 0.717) is 29.0 Å². The van der Waals surface area contributed by atoms with Crippen molar-refractivity contribution in [3.05, 3.63) is 22.8 Å². The third kappa shape index (κ3) is 3.36. The van der Waals surface area contributed by atoms with Crippen molar-refractivity contribution >= 4 is 23.3 Å². The summed E-state index contributed by atoms with van der Waals surface area (Å²) in [6.45, 7) is 2.14. The van der Waals surface area contributed by atoms with E-state index >= 15 is 0 Å². The Morgan fingerprint density at radius 2 is 2.42 bits per heavy atom. The van der Waals surface area contributed by atoms with Gasteiger partial charge in [-0.15, -0.1) is 0 Å². The summed E-state index contributed by atoms with van der Waals surface area (Å²) < 4.78 is 0. The van der Waals surface area contributed by atoms with Gasteiger partial charge in [-0.2, -0.15) is 0 Å². The number of nitrogens with two attached hydrogens (primary N) is 1. The molecule has 1 aromatic heterocycles. The maximum Gasteiger partial charge on any atom is 0.254 e. The Hall–Kier alpha value is -1.33. The molecule has 0 aromatic carbocycles. The number of carbonyl (C=O) groups is 1. The molecular formula is C13H19ClN4O. The van der Waals surface area contributed by atoms with E-state index in [4.69, 9.17) is 17.3 Å². The molecular weight excluding hydrogens is 264 g/mol. The molecule has 1 aromatic rings. The molecule has 0 spiro atoms. The Labute approximate surface area is 118 Å². The normalized spacial score (nSPS) is 19.3. The summed E-state index contributed by atoms with van der Waals surface area (Å²) in [4.78, 5) is 18.4. The number of carbonyl (C=O) groups excluding carboxylic acids is 1. The first-order chi connectivity index (χ1) is 9.13. The Kier molecular flexibility index (Phi) is 4.61. The summed E-state index contributed by atoms with van der Waals surface area (Å²) in [5.41, 5.74) is 6.27. The molecule has 5 nitrogen and oxygen atoms in total. The van der Waals surface area contributed by atoms with Gasteiger partial charge < -0.3 is 16.0 Å². The number of pyridine rings is 1. The Balaban J connectivity index is 2.16. The van der Waals surface area contributed by atoms with Crippen molar-refractivity contribution in [2.24, 2.45) is 11.7 Å². The van der Waals surface area contributed by atoms with E-state index in [0.717, 1.165) is 25.9 Å². The fraction of sp³-hybridized carbons (Fsp3) is 0.538. The highest BCUT2D eigenvalue weighted by atomic mass is 35.5. The summed E-state index contributed by atoms with van der Waals surface area (Å²) in [5, 5.41) is 3.22. The lowest BCUT2D eigenvalue weighted by molar-refractivity contribution is 0.0678. The van der Waals surface area contributed by atoms with Crippen LogP contribution in [-0.4, -0.2) is 42.5 Å². The van der Waals surface area contributed by atoms with Crippen molar-refractivity contribution < 1.29 is 4.79 Å². The molecule has 1 amide bonds. The Morgan fingerprint density at radius 1 is 1.63 bits per heavy atom. The molecule has 0 aliphatic carbocycles. The van der Waals surface area contributed by atoms with Crippen LogP contribution in [0.3, 0.4) is 0 Å². The first-order valence-corrected chi connectivity index (χ1v) is 6.86. The van der Waals surface area contributed by atoms with Crippen molar-refractivity contribution in [2.45, 2.75) is 12.8 Å². The van der Waals surface area contributed by atoms with Crippen LogP contribution in [-0.2, 0) is 0 Å². The summed E-state index contributed by atoms with van der Waals surface area (Å²) in [6.07, 6.45) is 2.10. The van der Waals surface area contributed by atoms with Crippen LogP contribution in [0.25, 0.3) is 0 Å². The second kappa shape index (κ2) is 6.21. The van der Waals surface area contributed by atoms with E-state index in [1.54, 1.807) is 19.2 Å². The SMILES string of the molecule is CNc1cc(C(=O)N2CCCC(CN)C2)cc(Cl)n1. The zero-order valence-electron chi connectivity index (χ0n) is 11.0. The van der Waals surface area contributed by atoms with E-state index in [-0.39, 0.29) is 5.91 Å². The average Bonchev–Trinajstić information content (AvgIpc) is 2.45.